The van der Waals surface area contributed by atoms with E-state index in [1.54, 1.807) is 12.4 Å². The molecule has 2 aromatic rings. The second-order valence-electron chi connectivity index (χ2n) is 4.80. The molecule has 3 heterocycles. The highest BCUT2D eigenvalue weighted by Crippen LogP contribution is 2.42. The Bertz CT molecular complexity index is 702. The van der Waals surface area contributed by atoms with Crippen LogP contribution in [0.25, 0.3) is 10.8 Å². The fraction of sp³-hybridized carbons (Fsp3) is 0.214. The molecule has 0 amide bonds. The van der Waals surface area contributed by atoms with Crippen molar-refractivity contribution in [3.8, 4) is 0 Å². The smallest absolute Gasteiger partial charge is 0.191 e. The summed E-state index contributed by atoms with van der Waals surface area (Å²) in [6, 6.07) is 3.89. The van der Waals surface area contributed by atoms with Gasteiger partial charge in [0.1, 0.15) is 5.69 Å². The number of ketones is 1. The second-order valence-corrected chi connectivity index (χ2v) is 4.80. The summed E-state index contributed by atoms with van der Waals surface area (Å²) in [4.78, 5) is 23.3. The average Bonchev–Trinajstić information content (AvgIpc) is 2.78. The number of hydrogen-bond donors (Lipinski definition) is 0. The van der Waals surface area contributed by atoms with E-state index < -0.39 is 0 Å². The highest BCUT2D eigenvalue weighted by molar-refractivity contribution is 6.11. The Labute approximate surface area is 104 Å². The predicted molar refractivity (Wildman–Crippen MR) is 67.0 cm³/mol. The molecule has 4 heteroatoms. The van der Waals surface area contributed by atoms with Gasteiger partial charge in [-0.15, -0.1) is 0 Å². The van der Waals surface area contributed by atoms with Crippen molar-refractivity contribution in [2.24, 2.45) is 5.92 Å². The zero-order valence-corrected chi connectivity index (χ0v) is 9.87. The molecule has 4 nitrogen and oxygen atoms in total. The number of fused-ring (bicyclic) bond motifs is 2. The molecule has 0 saturated carbocycles. The van der Waals surface area contributed by atoms with Crippen molar-refractivity contribution >= 4 is 16.6 Å². The van der Waals surface area contributed by atoms with Gasteiger partial charge in [-0.05, 0) is 23.7 Å². The predicted octanol–water partition coefficient (Wildman–Crippen LogP) is 1.94. The van der Waals surface area contributed by atoms with E-state index >= 15 is 0 Å². The molecule has 1 aliphatic carbocycles. The van der Waals surface area contributed by atoms with E-state index in [9.17, 15) is 4.79 Å². The molecule has 2 aromatic heterocycles. The van der Waals surface area contributed by atoms with E-state index in [1.165, 1.54) is 0 Å². The summed E-state index contributed by atoms with van der Waals surface area (Å²) in [6.45, 7) is 0. The van der Waals surface area contributed by atoms with Gasteiger partial charge < -0.3 is 4.90 Å². The van der Waals surface area contributed by atoms with Gasteiger partial charge >= 0.3 is 0 Å². The first kappa shape index (κ1) is 9.76. The lowest BCUT2D eigenvalue weighted by Crippen LogP contribution is -2.31. The summed E-state index contributed by atoms with van der Waals surface area (Å²) in [5.74, 6) is -0.0396. The Hall–Kier alpha value is -2.23. The molecule has 2 unspecified atom stereocenters. The highest BCUT2D eigenvalue weighted by atomic mass is 16.1. The van der Waals surface area contributed by atoms with E-state index in [1.807, 2.05) is 31.5 Å². The van der Waals surface area contributed by atoms with Gasteiger partial charge in [0.25, 0.3) is 0 Å². The number of Topliss-reactive ketones (excluding diaryl/α,β-unsaturated/α-hetero) is 1. The molecule has 0 aromatic carbocycles. The van der Waals surface area contributed by atoms with E-state index in [4.69, 9.17) is 0 Å². The molecular weight excluding hydrogens is 226 g/mol. The number of aromatic nitrogens is 2. The number of carbonyl (C=O) groups is 1. The van der Waals surface area contributed by atoms with Crippen molar-refractivity contribution in [2.75, 3.05) is 7.05 Å². The molecule has 88 valence electrons. The summed E-state index contributed by atoms with van der Waals surface area (Å²) < 4.78 is 0. The molecule has 2 atom stereocenters. The third-order valence-corrected chi connectivity index (χ3v) is 3.83. The minimum atomic E-state index is -0.143. The minimum absolute atomic E-state index is 0.0258. The SMILES string of the molecule is CN1C=CC2C(=O)c3nccc4ccnc(c34)C21. The lowest BCUT2D eigenvalue weighted by atomic mass is 9.83. The van der Waals surface area contributed by atoms with Crippen LogP contribution in [0.2, 0.25) is 0 Å². The number of carbonyl (C=O) groups excluding carboxylic acids is 1. The Balaban J connectivity index is 2.13. The van der Waals surface area contributed by atoms with Gasteiger partial charge in [0.05, 0.1) is 17.7 Å². The fourth-order valence-electron chi connectivity index (χ4n) is 2.99. The van der Waals surface area contributed by atoms with Crippen LogP contribution in [0.4, 0.5) is 0 Å². The van der Waals surface area contributed by atoms with Crippen LogP contribution in [0.15, 0.2) is 36.8 Å². The van der Waals surface area contributed by atoms with Gasteiger partial charge in [-0.2, -0.15) is 0 Å². The van der Waals surface area contributed by atoms with Crippen LogP contribution in [-0.4, -0.2) is 27.7 Å². The maximum Gasteiger partial charge on any atom is 0.191 e. The Morgan fingerprint density at radius 3 is 2.83 bits per heavy atom. The number of hydrogen-bond acceptors (Lipinski definition) is 4. The zero-order chi connectivity index (χ0) is 12.3. The summed E-state index contributed by atoms with van der Waals surface area (Å²) >= 11 is 0. The van der Waals surface area contributed by atoms with E-state index in [0.717, 1.165) is 16.5 Å². The molecule has 1 aliphatic heterocycles. The minimum Gasteiger partial charge on any atom is -0.371 e. The van der Waals surface area contributed by atoms with E-state index in [0.29, 0.717) is 5.69 Å². The van der Waals surface area contributed by atoms with Crippen LogP contribution >= 0.6 is 0 Å². The summed E-state index contributed by atoms with van der Waals surface area (Å²) in [6.07, 6.45) is 7.41. The number of pyridine rings is 2. The van der Waals surface area contributed by atoms with Crippen molar-refractivity contribution in [3.05, 3.63) is 48.2 Å². The fourth-order valence-corrected chi connectivity index (χ4v) is 2.99. The maximum absolute atomic E-state index is 12.5. The monoisotopic (exact) mass is 237 g/mol. The van der Waals surface area contributed by atoms with Gasteiger partial charge in [-0.25, -0.2) is 0 Å². The van der Waals surface area contributed by atoms with E-state index in [2.05, 4.69) is 14.9 Å². The summed E-state index contributed by atoms with van der Waals surface area (Å²) in [5, 5.41) is 1.96. The van der Waals surface area contributed by atoms with Crippen LogP contribution in [0.3, 0.4) is 0 Å². The average molecular weight is 237 g/mol. The molecule has 0 radical (unpaired) electrons. The van der Waals surface area contributed by atoms with Crippen molar-refractivity contribution in [1.29, 1.82) is 0 Å². The van der Waals surface area contributed by atoms with Gasteiger partial charge in [0, 0.05) is 24.8 Å². The first-order valence-corrected chi connectivity index (χ1v) is 5.95. The largest absolute Gasteiger partial charge is 0.371 e. The van der Waals surface area contributed by atoms with Gasteiger partial charge in [0.2, 0.25) is 0 Å². The molecule has 2 aliphatic rings. The topological polar surface area (TPSA) is 46.1 Å². The Morgan fingerprint density at radius 2 is 2.00 bits per heavy atom. The lowest BCUT2D eigenvalue weighted by molar-refractivity contribution is 0.0895. The molecule has 0 bridgehead atoms. The molecule has 18 heavy (non-hydrogen) atoms. The molecule has 0 N–H and O–H groups in total. The molecule has 0 saturated heterocycles. The van der Waals surface area contributed by atoms with Crippen LogP contribution in [0, 0.1) is 5.92 Å². The molecule has 4 rings (SSSR count). The van der Waals surface area contributed by atoms with Crippen molar-refractivity contribution < 1.29 is 4.79 Å². The van der Waals surface area contributed by atoms with Crippen molar-refractivity contribution in [2.45, 2.75) is 6.04 Å². The first-order chi connectivity index (χ1) is 8.77. The van der Waals surface area contributed by atoms with Crippen molar-refractivity contribution in [1.82, 2.24) is 14.9 Å². The Kier molecular flexibility index (Phi) is 1.71. The maximum atomic E-state index is 12.5. The highest BCUT2D eigenvalue weighted by Gasteiger charge is 2.41. The summed E-state index contributed by atoms with van der Waals surface area (Å²) in [5.41, 5.74) is 1.53. The summed E-state index contributed by atoms with van der Waals surface area (Å²) in [7, 11) is 1.98. The van der Waals surface area contributed by atoms with Gasteiger partial charge in [-0.3, -0.25) is 14.8 Å². The third kappa shape index (κ3) is 1.03. The number of nitrogens with zero attached hydrogens (tertiary/aromatic N) is 3. The lowest BCUT2D eigenvalue weighted by Gasteiger charge is -2.30. The molecule has 0 spiro atoms. The third-order valence-electron chi connectivity index (χ3n) is 3.83. The van der Waals surface area contributed by atoms with Crippen molar-refractivity contribution in [3.63, 3.8) is 0 Å². The van der Waals surface area contributed by atoms with Gasteiger partial charge in [-0.1, -0.05) is 6.08 Å². The number of rotatable bonds is 0. The Morgan fingerprint density at radius 1 is 1.22 bits per heavy atom. The standard InChI is InChI=1S/C14H11N3O/c1-17-7-4-9-13(17)11-10-8(2-5-15-11)3-6-16-12(10)14(9)18/h2-7,9,13H,1H3. The van der Waals surface area contributed by atoms with Crippen LogP contribution in [-0.2, 0) is 0 Å². The van der Waals surface area contributed by atoms with Crippen LogP contribution in [0.1, 0.15) is 22.2 Å². The second kappa shape index (κ2) is 3.16. The zero-order valence-electron chi connectivity index (χ0n) is 9.87. The van der Waals surface area contributed by atoms with E-state index in [-0.39, 0.29) is 17.7 Å². The van der Waals surface area contributed by atoms with Gasteiger partial charge in [0.15, 0.2) is 5.78 Å². The van der Waals surface area contributed by atoms with Crippen LogP contribution in [0.5, 0.6) is 0 Å². The van der Waals surface area contributed by atoms with Crippen LogP contribution < -0.4 is 0 Å². The quantitative estimate of drug-likeness (QED) is 0.702. The normalized spacial score (nSPS) is 24.7. The molecule has 0 fully saturated rings. The first-order valence-electron chi connectivity index (χ1n) is 5.95. The molecular formula is C14H11N3O.